The summed E-state index contributed by atoms with van der Waals surface area (Å²) in [5.41, 5.74) is 2.33. The van der Waals surface area contributed by atoms with E-state index in [1.165, 1.54) is 5.56 Å². The van der Waals surface area contributed by atoms with Crippen molar-refractivity contribution in [2.24, 2.45) is 0 Å². The molecule has 0 aliphatic rings. The molecule has 0 heterocycles. The molecule has 1 amide bonds. The number of alkyl halides is 1. The van der Waals surface area contributed by atoms with Crippen molar-refractivity contribution in [1.29, 1.82) is 0 Å². The molecule has 0 aliphatic carbocycles. The lowest BCUT2D eigenvalue weighted by Crippen LogP contribution is -2.34. The molecule has 0 aliphatic heterocycles. The summed E-state index contributed by atoms with van der Waals surface area (Å²) >= 11 is 5.63. The fourth-order valence-electron chi connectivity index (χ4n) is 1.69. The van der Waals surface area contributed by atoms with E-state index >= 15 is 0 Å². The van der Waals surface area contributed by atoms with E-state index in [0.717, 1.165) is 5.56 Å². The van der Waals surface area contributed by atoms with Gasteiger partial charge >= 0.3 is 0 Å². The van der Waals surface area contributed by atoms with Crippen LogP contribution in [0.2, 0.25) is 0 Å². The second-order valence-corrected chi connectivity index (χ2v) is 4.34. The van der Waals surface area contributed by atoms with Gasteiger partial charge in [-0.15, -0.1) is 11.6 Å². The highest BCUT2D eigenvalue weighted by molar-refractivity contribution is 6.27. The molecular weight excluding hydrogens is 250 g/mol. The first kappa shape index (κ1) is 15.0. The number of nitrogens with zero attached hydrogens (tertiary/aromatic N) is 1. The molecule has 18 heavy (non-hydrogen) atoms. The first-order valence-electron chi connectivity index (χ1n) is 6.15. The third-order valence-corrected chi connectivity index (χ3v) is 3.03. The molecule has 0 fully saturated rings. The van der Waals surface area contributed by atoms with E-state index in [9.17, 15) is 4.79 Å². The average molecular weight is 270 g/mol. The van der Waals surface area contributed by atoms with Gasteiger partial charge < -0.3 is 9.64 Å². The van der Waals surface area contributed by atoms with Crippen molar-refractivity contribution in [3.8, 4) is 0 Å². The Hall–Kier alpha value is -1.06. The van der Waals surface area contributed by atoms with Gasteiger partial charge in [0.2, 0.25) is 5.91 Å². The predicted molar refractivity (Wildman–Crippen MR) is 73.8 cm³/mol. The molecule has 100 valence electrons. The quantitative estimate of drug-likeness (QED) is 0.563. The van der Waals surface area contributed by atoms with Crippen LogP contribution in [-0.4, -0.2) is 36.4 Å². The predicted octanol–water partition coefficient (Wildman–Crippen LogP) is 2.60. The van der Waals surface area contributed by atoms with Crippen molar-refractivity contribution in [3.05, 3.63) is 35.4 Å². The van der Waals surface area contributed by atoms with Crippen LogP contribution in [0.5, 0.6) is 0 Å². The smallest absolute Gasteiger partial charge is 0.237 e. The number of ether oxygens (including phenoxy) is 1. The van der Waals surface area contributed by atoms with Crippen molar-refractivity contribution in [3.63, 3.8) is 0 Å². The van der Waals surface area contributed by atoms with Gasteiger partial charge in [-0.1, -0.05) is 24.3 Å². The van der Waals surface area contributed by atoms with Gasteiger partial charge in [-0.2, -0.15) is 0 Å². The topological polar surface area (TPSA) is 29.5 Å². The third kappa shape index (κ3) is 4.67. The fourth-order valence-corrected chi connectivity index (χ4v) is 1.86. The Morgan fingerprint density at radius 1 is 1.39 bits per heavy atom. The average Bonchev–Trinajstić information content (AvgIpc) is 2.39. The van der Waals surface area contributed by atoms with E-state index in [4.69, 9.17) is 16.3 Å². The Bertz CT molecular complexity index is 382. The van der Waals surface area contributed by atoms with Crippen molar-refractivity contribution in [2.45, 2.75) is 20.4 Å². The summed E-state index contributed by atoms with van der Waals surface area (Å²) in [4.78, 5) is 13.5. The Labute approximate surface area is 114 Å². The molecule has 0 bridgehead atoms. The second-order valence-electron chi connectivity index (χ2n) is 4.07. The molecule has 3 nitrogen and oxygen atoms in total. The van der Waals surface area contributed by atoms with Crippen LogP contribution in [0.25, 0.3) is 0 Å². The number of halogens is 1. The highest BCUT2D eigenvalue weighted by Gasteiger charge is 2.13. The van der Waals surface area contributed by atoms with Gasteiger partial charge in [-0.05, 0) is 25.0 Å². The molecule has 0 unspecified atom stereocenters. The highest BCUT2D eigenvalue weighted by Crippen LogP contribution is 2.11. The Morgan fingerprint density at radius 2 is 2.11 bits per heavy atom. The second kappa shape index (κ2) is 8.11. The maximum Gasteiger partial charge on any atom is 0.237 e. The molecule has 0 spiro atoms. The molecular formula is C14H20ClNO2. The summed E-state index contributed by atoms with van der Waals surface area (Å²) in [6.45, 7) is 6.35. The number of aryl methyl sites for hydroxylation is 1. The normalized spacial score (nSPS) is 10.4. The van der Waals surface area contributed by atoms with Crippen LogP contribution in [0.15, 0.2) is 24.3 Å². The zero-order valence-corrected chi connectivity index (χ0v) is 11.7. The molecule has 1 aromatic carbocycles. The minimum Gasteiger partial charge on any atom is -0.380 e. The third-order valence-electron chi connectivity index (χ3n) is 2.80. The van der Waals surface area contributed by atoms with E-state index < -0.39 is 0 Å². The van der Waals surface area contributed by atoms with Crippen molar-refractivity contribution >= 4 is 17.5 Å². The van der Waals surface area contributed by atoms with Gasteiger partial charge in [-0.3, -0.25) is 4.79 Å². The monoisotopic (exact) mass is 269 g/mol. The van der Waals surface area contributed by atoms with E-state index in [0.29, 0.717) is 26.3 Å². The van der Waals surface area contributed by atoms with Gasteiger partial charge in [0, 0.05) is 19.7 Å². The number of carbonyl (C=O) groups excluding carboxylic acids is 1. The van der Waals surface area contributed by atoms with Crippen LogP contribution in [0.4, 0.5) is 0 Å². The molecule has 0 aromatic heterocycles. The van der Waals surface area contributed by atoms with Gasteiger partial charge in [0.1, 0.15) is 5.88 Å². The Morgan fingerprint density at radius 3 is 2.72 bits per heavy atom. The van der Waals surface area contributed by atoms with Crippen LogP contribution in [0, 0.1) is 6.92 Å². The molecule has 0 radical (unpaired) electrons. The highest BCUT2D eigenvalue weighted by atomic mass is 35.5. The van der Waals surface area contributed by atoms with E-state index in [1.807, 2.05) is 38.1 Å². The van der Waals surface area contributed by atoms with Gasteiger partial charge in [0.15, 0.2) is 0 Å². The van der Waals surface area contributed by atoms with Crippen LogP contribution in [-0.2, 0) is 16.1 Å². The van der Waals surface area contributed by atoms with Crippen LogP contribution >= 0.6 is 11.6 Å². The number of amides is 1. The lowest BCUT2D eigenvalue weighted by molar-refractivity contribution is -0.129. The van der Waals surface area contributed by atoms with E-state index in [-0.39, 0.29) is 11.8 Å². The molecule has 0 atom stereocenters. The molecule has 0 saturated carbocycles. The summed E-state index contributed by atoms with van der Waals surface area (Å²) in [5.74, 6) is -0.0440. The number of benzene rings is 1. The van der Waals surface area contributed by atoms with Crippen LogP contribution in [0.1, 0.15) is 18.1 Å². The number of hydrogen-bond acceptors (Lipinski definition) is 2. The molecule has 1 aromatic rings. The maximum atomic E-state index is 11.8. The summed E-state index contributed by atoms with van der Waals surface area (Å²) in [6, 6.07) is 8.05. The Balaban J connectivity index is 2.66. The van der Waals surface area contributed by atoms with Gasteiger partial charge in [-0.25, -0.2) is 0 Å². The number of hydrogen-bond donors (Lipinski definition) is 0. The van der Waals surface area contributed by atoms with E-state index in [1.54, 1.807) is 4.90 Å². The van der Waals surface area contributed by atoms with Gasteiger partial charge in [0.05, 0.1) is 6.61 Å². The first-order valence-corrected chi connectivity index (χ1v) is 6.68. The zero-order chi connectivity index (χ0) is 13.4. The summed E-state index contributed by atoms with van der Waals surface area (Å²) in [5, 5.41) is 0. The lowest BCUT2D eigenvalue weighted by atomic mass is 10.1. The number of carbonyl (C=O) groups is 1. The lowest BCUT2D eigenvalue weighted by Gasteiger charge is -2.22. The Kier molecular flexibility index (Phi) is 6.76. The summed E-state index contributed by atoms with van der Waals surface area (Å²) < 4.78 is 5.29. The summed E-state index contributed by atoms with van der Waals surface area (Å²) in [6.07, 6.45) is 0. The van der Waals surface area contributed by atoms with Crippen molar-refractivity contribution in [2.75, 3.05) is 25.6 Å². The van der Waals surface area contributed by atoms with Crippen molar-refractivity contribution in [1.82, 2.24) is 4.90 Å². The van der Waals surface area contributed by atoms with Gasteiger partial charge in [0.25, 0.3) is 0 Å². The molecule has 1 rings (SSSR count). The zero-order valence-electron chi connectivity index (χ0n) is 11.0. The van der Waals surface area contributed by atoms with E-state index in [2.05, 4.69) is 0 Å². The molecule has 0 N–H and O–H groups in total. The molecule has 0 saturated heterocycles. The number of rotatable bonds is 7. The standard InChI is InChI=1S/C14H20ClNO2/c1-3-18-9-8-16(14(17)10-15)11-13-7-5-4-6-12(13)2/h4-7H,3,8-11H2,1-2H3. The van der Waals surface area contributed by atoms with Crippen LogP contribution < -0.4 is 0 Å². The minimum atomic E-state index is -0.0559. The summed E-state index contributed by atoms with van der Waals surface area (Å²) in [7, 11) is 0. The maximum absolute atomic E-state index is 11.8. The molecule has 4 heteroatoms. The SMILES string of the molecule is CCOCCN(Cc1ccccc1C)C(=O)CCl. The minimum absolute atomic E-state index is 0.0119. The van der Waals surface area contributed by atoms with Crippen molar-refractivity contribution < 1.29 is 9.53 Å². The largest absolute Gasteiger partial charge is 0.380 e. The first-order chi connectivity index (χ1) is 8.69. The fraction of sp³-hybridized carbons (Fsp3) is 0.500. The van der Waals surface area contributed by atoms with Crippen LogP contribution in [0.3, 0.4) is 0 Å².